The van der Waals surface area contributed by atoms with Gasteiger partial charge in [0.2, 0.25) is 0 Å². The molecule has 4 heteroatoms. The molecule has 1 saturated heterocycles. The highest BCUT2D eigenvalue weighted by atomic mass is 35.5. The molecule has 0 aliphatic carbocycles. The Balaban J connectivity index is 2.19. The van der Waals surface area contributed by atoms with Gasteiger partial charge in [-0.15, -0.1) is 0 Å². The Bertz CT molecular complexity index is 511. The average Bonchev–Trinajstić information content (AvgIpc) is 2.38. The van der Waals surface area contributed by atoms with Crippen LogP contribution in [0, 0.1) is 0 Å². The lowest BCUT2D eigenvalue weighted by molar-refractivity contribution is -0.117. The predicted molar refractivity (Wildman–Crippen MR) is 77.4 cm³/mol. The minimum atomic E-state index is 0.0615. The molecule has 0 atom stereocenters. The van der Waals surface area contributed by atoms with Crippen LogP contribution in [0.4, 0.5) is 0 Å². The second kappa shape index (κ2) is 6.22. The fraction of sp³-hybridized carbons (Fsp3) is 0.400. The van der Waals surface area contributed by atoms with E-state index in [1.54, 1.807) is 18.2 Å². The molecule has 0 spiro atoms. The third kappa shape index (κ3) is 3.58. The van der Waals surface area contributed by atoms with Crippen LogP contribution in [0.1, 0.15) is 25.3 Å². The minimum absolute atomic E-state index is 0.0615. The molecule has 1 heterocycles. The van der Waals surface area contributed by atoms with Crippen LogP contribution < -0.4 is 0 Å². The Labute approximate surface area is 118 Å². The summed E-state index contributed by atoms with van der Waals surface area (Å²) in [6, 6.07) is 4.99. The van der Waals surface area contributed by atoms with Gasteiger partial charge in [-0.1, -0.05) is 24.6 Å². The molecule has 0 bridgehead atoms. The van der Waals surface area contributed by atoms with Gasteiger partial charge in [-0.05, 0) is 36.7 Å². The number of Topliss-reactive ketones (excluding diaryl/α,β-unsaturated/α-hetero) is 1. The van der Waals surface area contributed by atoms with Gasteiger partial charge in [-0.25, -0.2) is 0 Å². The van der Waals surface area contributed by atoms with Crippen molar-refractivity contribution < 1.29 is 9.90 Å². The van der Waals surface area contributed by atoms with E-state index >= 15 is 0 Å². The topological polar surface area (TPSA) is 40.5 Å². The summed E-state index contributed by atoms with van der Waals surface area (Å²) in [4.78, 5) is 14.2. The Kier molecular flexibility index (Phi) is 4.61. The average molecular weight is 280 g/mol. The molecule has 0 unspecified atom stereocenters. The van der Waals surface area contributed by atoms with Crippen LogP contribution in [0.2, 0.25) is 5.02 Å². The van der Waals surface area contributed by atoms with E-state index in [-0.39, 0.29) is 11.5 Å². The number of likely N-dealkylation sites (tertiary alicyclic amines) is 1. The first-order chi connectivity index (χ1) is 9.10. The molecule has 1 aromatic carbocycles. The van der Waals surface area contributed by atoms with E-state index < -0.39 is 0 Å². The molecular weight excluding hydrogens is 262 g/mol. The largest absolute Gasteiger partial charge is 0.506 e. The van der Waals surface area contributed by atoms with Crippen molar-refractivity contribution in [2.75, 3.05) is 19.6 Å². The van der Waals surface area contributed by atoms with Gasteiger partial charge in [0, 0.05) is 25.1 Å². The number of nitrogens with zero attached hydrogens (tertiary/aromatic N) is 1. The quantitative estimate of drug-likeness (QED) is 0.865. The van der Waals surface area contributed by atoms with Crippen LogP contribution in [0.5, 0.6) is 5.75 Å². The Hall–Kier alpha value is -1.32. The number of benzene rings is 1. The van der Waals surface area contributed by atoms with Gasteiger partial charge in [-0.3, -0.25) is 9.69 Å². The third-order valence-electron chi connectivity index (χ3n) is 3.26. The maximum Gasteiger partial charge on any atom is 0.161 e. The van der Waals surface area contributed by atoms with Gasteiger partial charge in [0.1, 0.15) is 5.75 Å². The first kappa shape index (κ1) is 14.1. The number of rotatable bonds is 3. The highest BCUT2D eigenvalue weighted by molar-refractivity contribution is 6.32. The molecule has 102 valence electrons. The molecule has 1 aliphatic rings. The smallest absolute Gasteiger partial charge is 0.161 e. The van der Waals surface area contributed by atoms with Crippen LogP contribution in [-0.2, 0) is 4.79 Å². The zero-order valence-corrected chi connectivity index (χ0v) is 11.8. The molecule has 1 aliphatic heterocycles. The van der Waals surface area contributed by atoms with Gasteiger partial charge in [-0.2, -0.15) is 0 Å². The fourth-order valence-electron chi connectivity index (χ4n) is 2.28. The monoisotopic (exact) mass is 279 g/mol. The molecular formula is C15H18ClNO2. The van der Waals surface area contributed by atoms with Crippen molar-refractivity contribution in [2.45, 2.75) is 19.8 Å². The number of hydrogen-bond donors (Lipinski definition) is 1. The molecule has 2 rings (SSSR count). The van der Waals surface area contributed by atoms with E-state index in [2.05, 4.69) is 11.8 Å². The second-order valence-electron chi connectivity index (χ2n) is 4.83. The number of ketones is 1. The van der Waals surface area contributed by atoms with E-state index in [1.807, 2.05) is 6.08 Å². The number of halogens is 1. The van der Waals surface area contributed by atoms with Crippen molar-refractivity contribution >= 4 is 23.5 Å². The van der Waals surface area contributed by atoms with Crippen LogP contribution in [0.15, 0.2) is 23.8 Å². The predicted octanol–water partition coefficient (Wildman–Crippen LogP) is 3.11. The van der Waals surface area contributed by atoms with Gasteiger partial charge >= 0.3 is 0 Å². The zero-order valence-electron chi connectivity index (χ0n) is 11.0. The van der Waals surface area contributed by atoms with E-state index in [0.29, 0.717) is 18.0 Å². The summed E-state index contributed by atoms with van der Waals surface area (Å²) in [5, 5.41) is 9.69. The Morgan fingerprint density at radius 3 is 2.95 bits per heavy atom. The summed E-state index contributed by atoms with van der Waals surface area (Å²) >= 11 is 5.87. The molecule has 0 radical (unpaired) electrons. The lowest BCUT2D eigenvalue weighted by atomic mass is 10.00. The second-order valence-corrected chi connectivity index (χ2v) is 5.24. The van der Waals surface area contributed by atoms with Crippen molar-refractivity contribution in [3.8, 4) is 5.75 Å². The summed E-state index contributed by atoms with van der Waals surface area (Å²) < 4.78 is 0. The van der Waals surface area contributed by atoms with Crippen molar-refractivity contribution in [1.82, 2.24) is 4.90 Å². The van der Waals surface area contributed by atoms with Gasteiger partial charge in [0.15, 0.2) is 5.78 Å². The van der Waals surface area contributed by atoms with Crippen LogP contribution >= 0.6 is 11.6 Å². The van der Waals surface area contributed by atoms with Crippen LogP contribution in [0.3, 0.4) is 0 Å². The molecule has 0 saturated carbocycles. The number of carbonyl (C=O) groups excluding carboxylic acids is 1. The SMILES string of the molecule is CCCN1CCC(=O)/C(=C/c2ccc(O)c(Cl)c2)C1. The first-order valence-electron chi connectivity index (χ1n) is 6.54. The summed E-state index contributed by atoms with van der Waals surface area (Å²) in [6.07, 6.45) is 3.54. The number of hydrogen-bond acceptors (Lipinski definition) is 3. The number of aromatic hydroxyl groups is 1. The third-order valence-corrected chi connectivity index (χ3v) is 3.56. The van der Waals surface area contributed by atoms with Crippen LogP contribution in [-0.4, -0.2) is 35.4 Å². The molecule has 3 nitrogen and oxygen atoms in total. The summed E-state index contributed by atoms with van der Waals surface area (Å²) in [6.45, 7) is 4.70. The molecule has 1 fully saturated rings. The number of phenolic OH excluding ortho intramolecular Hbond substituents is 1. The summed E-state index contributed by atoms with van der Waals surface area (Å²) in [5.41, 5.74) is 1.67. The molecule has 19 heavy (non-hydrogen) atoms. The summed E-state index contributed by atoms with van der Waals surface area (Å²) in [5.74, 6) is 0.267. The molecule has 0 aromatic heterocycles. The highest BCUT2D eigenvalue weighted by Crippen LogP contribution is 2.25. The van der Waals surface area contributed by atoms with E-state index in [1.165, 1.54) is 0 Å². The lowest BCUT2D eigenvalue weighted by Gasteiger charge is -2.27. The molecule has 1 N–H and O–H groups in total. The van der Waals surface area contributed by atoms with Crippen molar-refractivity contribution in [3.63, 3.8) is 0 Å². The number of piperidine rings is 1. The van der Waals surface area contributed by atoms with Crippen molar-refractivity contribution in [1.29, 1.82) is 0 Å². The number of carbonyl (C=O) groups is 1. The van der Waals surface area contributed by atoms with Crippen LogP contribution in [0.25, 0.3) is 6.08 Å². The van der Waals surface area contributed by atoms with Gasteiger partial charge in [0.25, 0.3) is 0 Å². The summed E-state index contributed by atoms with van der Waals surface area (Å²) in [7, 11) is 0. The van der Waals surface area contributed by atoms with E-state index in [4.69, 9.17) is 11.6 Å². The highest BCUT2D eigenvalue weighted by Gasteiger charge is 2.20. The van der Waals surface area contributed by atoms with Crippen molar-refractivity contribution in [2.24, 2.45) is 0 Å². The standard InChI is InChI=1S/C15H18ClNO2/c1-2-6-17-7-5-14(18)12(10-17)8-11-3-4-15(19)13(16)9-11/h3-4,8-9,19H,2,5-7,10H2,1H3/b12-8+. The van der Waals surface area contributed by atoms with E-state index in [9.17, 15) is 9.90 Å². The maximum absolute atomic E-state index is 11.9. The van der Waals surface area contributed by atoms with Gasteiger partial charge in [0.05, 0.1) is 5.02 Å². The van der Waals surface area contributed by atoms with E-state index in [0.717, 1.165) is 30.6 Å². The first-order valence-corrected chi connectivity index (χ1v) is 6.92. The maximum atomic E-state index is 11.9. The van der Waals surface area contributed by atoms with Gasteiger partial charge < -0.3 is 5.11 Å². The Morgan fingerprint density at radius 2 is 2.26 bits per heavy atom. The minimum Gasteiger partial charge on any atom is -0.506 e. The molecule has 1 aromatic rings. The number of phenols is 1. The zero-order chi connectivity index (χ0) is 13.8. The lowest BCUT2D eigenvalue weighted by Crippen LogP contribution is -2.36. The van der Waals surface area contributed by atoms with Crippen molar-refractivity contribution in [3.05, 3.63) is 34.4 Å². The normalized spacial score (nSPS) is 19.1. The molecule has 0 amide bonds. The fourth-order valence-corrected chi connectivity index (χ4v) is 2.46. The Morgan fingerprint density at radius 1 is 1.47 bits per heavy atom.